The first-order valence-electron chi connectivity index (χ1n) is 10.8. The number of anilines is 1. The Hall–Kier alpha value is -3.21. The number of esters is 1. The number of hydrogen-bond acceptors (Lipinski definition) is 7. The summed E-state index contributed by atoms with van der Waals surface area (Å²) in [7, 11) is -3.59. The third-order valence-corrected chi connectivity index (χ3v) is 8.77. The predicted octanol–water partition coefficient (Wildman–Crippen LogP) is 3.89. The van der Waals surface area contributed by atoms with E-state index in [1.54, 1.807) is 18.2 Å². The number of rotatable bonds is 6. The Morgan fingerprint density at radius 2 is 1.85 bits per heavy atom. The molecule has 3 aromatic rings. The van der Waals surface area contributed by atoms with E-state index in [9.17, 15) is 18.0 Å². The highest BCUT2D eigenvalue weighted by molar-refractivity contribution is 7.89. The number of carbonyl (C=O) groups excluding carboxylic acids is 2. The van der Waals surface area contributed by atoms with E-state index in [0.717, 1.165) is 34.6 Å². The van der Waals surface area contributed by atoms with Crippen molar-refractivity contribution in [3.8, 4) is 16.2 Å². The number of benzene rings is 2. The zero-order valence-corrected chi connectivity index (χ0v) is 19.8. The first kappa shape index (κ1) is 22.6. The molecule has 0 spiro atoms. The molecule has 1 N–H and O–H groups in total. The van der Waals surface area contributed by atoms with Gasteiger partial charge in [-0.05, 0) is 49.2 Å². The Balaban J connectivity index is 1.21. The van der Waals surface area contributed by atoms with Gasteiger partial charge in [0.1, 0.15) is 17.2 Å². The van der Waals surface area contributed by atoms with Gasteiger partial charge in [-0.15, -0.1) is 11.3 Å². The van der Waals surface area contributed by atoms with Crippen molar-refractivity contribution in [2.75, 3.05) is 25.0 Å². The minimum Gasteiger partial charge on any atom is -0.488 e. The lowest BCUT2D eigenvalue weighted by atomic mass is 10.1. The van der Waals surface area contributed by atoms with Crippen LogP contribution in [0, 0.1) is 0 Å². The molecule has 0 unspecified atom stereocenters. The number of carbonyl (C=O) groups is 2. The fraction of sp³-hybridized carbons (Fsp3) is 0.250. The van der Waals surface area contributed by atoms with E-state index >= 15 is 0 Å². The van der Waals surface area contributed by atoms with Crippen molar-refractivity contribution in [1.82, 2.24) is 4.31 Å². The SMILES string of the molecule is O=C(COC(=O)c1cc2c(s1)-c1ccccc1OC2)Nc1cccc(S(=O)(=O)N2CCCC2)c1. The molecule has 1 saturated heterocycles. The van der Waals surface area contributed by atoms with E-state index < -0.39 is 28.5 Å². The largest absolute Gasteiger partial charge is 0.488 e. The van der Waals surface area contributed by atoms with Crippen LogP contribution in [-0.4, -0.2) is 44.3 Å². The van der Waals surface area contributed by atoms with Crippen LogP contribution in [0.4, 0.5) is 5.69 Å². The quantitative estimate of drug-likeness (QED) is 0.518. The van der Waals surface area contributed by atoms with Crippen LogP contribution >= 0.6 is 11.3 Å². The standard InChI is InChI=1S/C24H22N2O6S2/c27-22(25-17-6-5-7-18(13-17)34(29,30)26-10-3-4-11-26)15-32-24(28)21-12-16-14-31-20-9-2-1-8-19(20)23(16)33-21/h1-2,5-9,12-13H,3-4,10-11,14-15H2,(H,25,27). The number of ether oxygens (including phenoxy) is 2. The van der Waals surface area contributed by atoms with Gasteiger partial charge in [0, 0.05) is 34.8 Å². The number of sulfonamides is 1. The smallest absolute Gasteiger partial charge is 0.348 e. The molecule has 2 aliphatic heterocycles. The van der Waals surface area contributed by atoms with Crippen LogP contribution in [0.2, 0.25) is 0 Å². The van der Waals surface area contributed by atoms with Crippen LogP contribution < -0.4 is 10.1 Å². The molecule has 3 heterocycles. The second-order valence-corrected chi connectivity index (χ2v) is 11.0. The van der Waals surface area contributed by atoms with Gasteiger partial charge in [0.2, 0.25) is 10.0 Å². The summed E-state index contributed by atoms with van der Waals surface area (Å²) >= 11 is 1.30. The first-order valence-corrected chi connectivity index (χ1v) is 13.1. The summed E-state index contributed by atoms with van der Waals surface area (Å²) < 4.78 is 37.8. The number of para-hydroxylation sites is 1. The topological polar surface area (TPSA) is 102 Å². The van der Waals surface area contributed by atoms with E-state index in [1.165, 1.54) is 27.8 Å². The highest BCUT2D eigenvalue weighted by atomic mass is 32.2. The Morgan fingerprint density at radius 3 is 2.68 bits per heavy atom. The van der Waals surface area contributed by atoms with Gasteiger partial charge in [0.25, 0.3) is 5.91 Å². The van der Waals surface area contributed by atoms with Crippen molar-refractivity contribution in [3.63, 3.8) is 0 Å². The molecule has 10 heteroatoms. The lowest BCUT2D eigenvalue weighted by molar-refractivity contribution is -0.119. The van der Waals surface area contributed by atoms with E-state index in [2.05, 4.69) is 5.32 Å². The highest BCUT2D eigenvalue weighted by Gasteiger charge is 2.27. The third kappa shape index (κ3) is 4.44. The van der Waals surface area contributed by atoms with E-state index in [-0.39, 0.29) is 4.90 Å². The fourth-order valence-electron chi connectivity index (χ4n) is 4.01. The average Bonchev–Trinajstić information content (AvgIpc) is 3.53. The van der Waals surface area contributed by atoms with Crippen molar-refractivity contribution in [3.05, 3.63) is 65.0 Å². The Kier molecular flexibility index (Phi) is 6.11. The summed E-state index contributed by atoms with van der Waals surface area (Å²) in [6.45, 7) is 0.877. The van der Waals surface area contributed by atoms with Crippen LogP contribution in [0.5, 0.6) is 5.75 Å². The summed E-state index contributed by atoms with van der Waals surface area (Å²) in [5.41, 5.74) is 2.15. The second kappa shape index (κ2) is 9.21. The third-order valence-electron chi connectivity index (χ3n) is 5.68. The number of nitrogens with zero attached hydrogens (tertiary/aromatic N) is 1. The van der Waals surface area contributed by atoms with Crippen LogP contribution in [0.1, 0.15) is 28.1 Å². The fourth-order valence-corrected chi connectivity index (χ4v) is 6.67. The zero-order valence-electron chi connectivity index (χ0n) is 18.2. The molecule has 2 aromatic carbocycles. The number of thiophene rings is 1. The van der Waals surface area contributed by atoms with Gasteiger partial charge in [-0.25, -0.2) is 13.2 Å². The second-order valence-electron chi connectivity index (χ2n) is 8.01. The monoisotopic (exact) mass is 498 g/mol. The number of fused-ring (bicyclic) bond motifs is 3. The Labute approximate surface area is 201 Å². The van der Waals surface area contributed by atoms with Crippen molar-refractivity contribution in [2.24, 2.45) is 0 Å². The van der Waals surface area contributed by atoms with Gasteiger partial charge >= 0.3 is 5.97 Å². The van der Waals surface area contributed by atoms with Crippen molar-refractivity contribution in [2.45, 2.75) is 24.3 Å². The van der Waals surface area contributed by atoms with Crippen LogP contribution in [-0.2, 0) is 26.2 Å². The van der Waals surface area contributed by atoms with Crippen LogP contribution in [0.15, 0.2) is 59.5 Å². The molecule has 1 amide bonds. The number of nitrogens with one attached hydrogen (secondary N) is 1. The minimum absolute atomic E-state index is 0.121. The van der Waals surface area contributed by atoms with E-state index in [1.807, 2.05) is 24.3 Å². The molecule has 0 bridgehead atoms. The van der Waals surface area contributed by atoms with E-state index in [0.29, 0.717) is 30.3 Å². The summed E-state index contributed by atoms with van der Waals surface area (Å²) in [4.78, 5) is 26.4. The van der Waals surface area contributed by atoms with Crippen molar-refractivity contribution < 1.29 is 27.5 Å². The Morgan fingerprint density at radius 1 is 1.06 bits per heavy atom. The maximum absolute atomic E-state index is 12.7. The molecule has 34 heavy (non-hydrogen) atoms. The normalized spacial score (nSPS) is 15.2. The molecule has 0 aliphatic carbocycles. The number of amides is 1. The molecule has 0 saturated carbocycles. The van der Waals surface area contributed by atoms with E-state index in [4.69, 9.17) is 9.47 Å². The zero-order chi connectivity index (χ0) is 23.7. The van der Waals surface area contributed by atoms with Gasteiger partial charge in [-0.1, -0.05) is 18.2 Å². The van der Waals surface area contributed by atoms with Crippen LogP contribution in [0.25, 0.3) is 10.4 Å². The average molecular weight is 499 g/mol. The minimum atomic E-state index is -3.59. The maximum atomic E-state index is 12.7. The predicted molar refractivity (Wildman–Crippen MR) is 127 cm³/mol. The lowest BCUT2D eigenvalue weighted by Gasteiger charge is -2.16. The van der Waals surface area contributed by atoms with Crippen molar-refractivity contribution >= 4 is 38.9 Å². The molecule has 8 nitrogen and oxygen atoms in total. The van der Waals surface area contributed by atoms with Gasteiger partial charge in [-0.3, -0.25) is 4.79 Å². The van der Waals surface area contributed by atoms with Gasteiger partial charge in [0.15, 0.2) is 6.61 Å². The highest BCUT2D eigenvalue weighted by Crippen LogP contribution is 2.42. The molecule has 1 fully saturated rings. The maximum Gasteiger partial charge on any atom is 0.348 e. The first-order chi connectivity index (χ1) is 16.4. The summed E-state index contributed by atoms with van der Waals surface area (Å²) in [6.07, 6.45) is 1.68. The molecule has 0 atom stereocenters. The lowest BCUT2D eigenvalue weighted by Crippen LogP contribution is -2.28. The number of hydrogen-bond donors (Lipinski definition) is 1. The molecule has 1 aromatic heterocycles. The summed E-state index contributed by atoms with van der Waals surface area (Å²) in [5.74, 6) is -0.387. The van der Waals surface area contributed by atoms with Crippen LogP contribution in [0.3, 0.4) is 0 Å². The molecule has 0 radical (unpaired) electrons. The van der Waals surface area contributed by atoms with Gasteiger partial charge in [-0.2, -0.15) is 4.31 Å². The molecule has 2 aliphatic rings. The molecule has 176 valence electrons. The molecule has 5 rings (SSSR count). The summed E-state index contributed by atoms with van der Waals surface area (Å²) in [5, 5.41) is 2.60. The van der Waals surface area contributed by atoms with Crippen molar-refractivity contribution in [1.29, 1.82) is 0 Å². The van der Waals surface area contributed by atoms with Gasteiger partial charge in [0.05, 0.1) is 4.90 Å². The van der Waals surface area contributed by atoms with Gasteiger partial charge < -0.3 is 14.8 Å². The Bertz CT molecular complexity index is 1360. The molecular formula is C24H22N2O6S2. The summed E-state index contributed by atoms with van der Waals surface area (Å²) in [6, 6.07) is 15.4. The molecular weight excluding hydrogens is 476 g/mol.